The lowest BCUT2D eigenvalue weighted by Gasteiger charge is -2.34. The number of rotatable bonds is 16. The van der Waals surface area contributed by atoms with Gasteiger partial charge in [0.15, 0.2) is 5.78 Å². The van der Waals surface area contributed by atoms with Crippen molar-refractivity contribution in [2.24, 2.45) is 11.8 Å². The molecule has 11 nitrogen and oxygen atoms in total. The lowest BCUT2D eigenvalue weighted by molar-refractivity contribution is -0.128. The Bertz CT molecular complexity index is 1680. The lowest BCUT2D eigenvalue weighted by atomic mass is 9.97. The second-order valence-corrected chi connectivity index (χ2v) is 16.1. The van der Waals surface area contributed by atoms with Crippen LogP contribution in [0.2, 0.25) is 0 Å². The normalized spacial score (nSPS) is 15.8. The minimum atomic E-state index is -4.12. The molecule has 0 aliphatic carbocycles. The van der Waals surface area contributed by atoms with Crippen molar-refractivity contribution in [1.82, 2.24) is 24.4 Å². The first kappa shape index (κ1) is 37.2. The van der Waals surface area contributed by atoms with E-state index in [4.69, 9.17) is 0 Å². The van der Waals surface area contributed by atoms with Gasteiger partial charge in [0, 0.05) is 37.1 Å². The number of aryl methyl sites for hydroxylation is 1. The number of aliphatic hydroxyl groups excluding tert-OH is 1. The third-order valence-electron chi connectivity index (χ3n) is 8.31. The second kappa shape index (κ2) is 16.2. The number of aliphatic hydroxyl groups is 1. The molecule has 1 fully saturated rings. The van der Waals surface area contributed by atoms with E-state index in [2.05, 4.69) is 10.3 Å². The quantitative estimate of drug-likeness (QED) is 0.212. The first-order chi connectivity index (χ1) is 22.7. The first-order valence-corrected chi connectivity index (χ1v) is 18.6. The molecule has 260 valence electrons. The summed E-state index contributed by atoms with van der Waals surface area (Å²) in [5, 5.41) is 17.6. The first-order valence-electron chi connectivity index (χ1n) is 16.3. The molecule has 1 saturated heterocycles. The zero-order chi connectivity index (χ0) is 35.2. The summed E-state index contributed by atoms with van der Waals surface area (Å²) in [6.07, 6.45) is -1.07. The van der Waals surface area contributed by atoms with E-state index in [9.17, 15) is 27.9 Å². The number of Topliss-reactive ketones (excluding diaryl/α,β-unsaturated/α-hetero) is 1. The monoisotopic (exact) mass is 697 g/mol. The SMILES string of the molecule is CC(=O)c1cccc(S(=O)(=O)N(CC(C)C)C[C@H](O)[C@H](Cc2ccccc2)NC(=O)[C@H](C(C)C)N2CCN(Cc3csc(C)n3)C2=O)c1. The Morgan fingerprint density at radius 1 is 1.04 bits per heavy atom. The van der Waals surface area contributed by atoms with Crippen LogP contribution < -0.4 is 5.32 Å². The molecule has 0 unspecified atom stereocenters. The maximum atomic E-state index is 14.1. The number of nitrogens with zero attached hydrogens (tertiary/aromatic N) is 4. The van der Waals surface area contributed by atoms with Crippen molar-refractivity contribution < 1.29 is 27.9 Å². The fourth-order valence-electron chi connectivity index (χ4n) is 5.94. The Balaban J connectivity index is 1.58. The molecule has 3 amide bonds. The van der Waals surface area contributed by atoms with Crippen molar-refractivity contribution in [3.63, 3.8) is 0 Å². The number of carbonyl (C=O) groups is 3. The number of hydrogen-bond donors (Lipinski definition) is 2. The maximum Gasteiger partial charge on any atom is 0.321 e. The van der Waals surface area contributed by atoms with Gasteiger partial charge in [0.1, 0.15) is 6.04 Å². The number of benzene rings is 2. The highest BCUT2D eigenvalue weighted by Gasteiger charge is 2.40. The molecule has 2 aromatic carbocycles. The highest BCUT2D eigenvalue weighted by atomic mass is 32.2. The number of ketones is 1. The molecule has 2 heterocycles. The van der Waals surface area contributed by atoms with Gasteiger partial charge in [-0.05, 0) is 49.8 Å². The largest absolute Gasteiger partial charge is 0.390 e. The summed E-state index contributed by atoms with van der Waals surface area (Å²) in [7, 11) is -4.12. The van der Waals surface area contributed by atoms with Crippen molar-refractivity contribution >= 4 is 39.1 Å². The fraction of sp³-hybridized carbons (Fsp3) is 0.486. The molecular formula is C35H47N5O6S2. The van der Waals surface area contributed by atoms with Crippen molar-refractivity contribution in [2.75, 3.05) is 26.2 Å². The van der Waals surface area contributed by atoms with Gasteiger partial charge in [0.05, 0.1) is 34.3 Å². The van der Waals surface area contributed by atoms with Gasteiger partial charge in [-0.2, -0.15) is 4.31 Å². The van der Waals surface area contributed by atoms with Gasteiger partial charge in [0.25, 0.3) is 0 Å². The minimum absolute atomic E-state index is 0.0449. The van der Waals surface area contributed by atoms with E-state index in [-0.39, 0.29) is 53.6 Å². The van der Waals surface area contributed by atoms with Crippen molar-refractivity contribution in [3.8, 4) is 0 Å². The predicted octanol–water partition coefficient (Wildman–Crippen LogP) is 4.35. The summed E-state index contributed by atoms with van der Waals surface area (Å²) in [6, 6.07) is 13.3. The average Bonchev–Trinajstić information content (AvgIpc) is 3.61. The molecule has 3 atom stereocenters. The fourth-order valence-corrected chi connectivity index (χ4v) is 8.22. The third kappa shape index (κ3) is 9.28. The molecule has 48 heavy (non-hydrogen) atoms. The number of nitrogens with one attached hydrogen (secondary N) is 1. The number of sulfonamides is 1. The van der Waals surface area contributed by atoms with Crippen LogP contribution in [0.15, 0.2) is 64.9 Å². The summed E-state index contributed by atoms with van der Waals surface area (Å²) in [5.41, 5.74) is 1.92. The number of urea groups is 1. The van der Waals surface area contributed by atoms with Crippen molar-refractivity contribution in [2.45, 2.75) is 77.6 Å². The van der Waals surface area contributed by atoms with Gasteiger partial charge >= 0.3 is 6.03 Å². The van der Waals surface area contributed by atoms with Gasteiger partial charge in [-0.1, -0.05) is 70.2 Å². The summed E-state index contributed by atoms with van der Waals surface area (Å²) >= 11 is 1.52. The van der Waals surface area contributed by atoms with E-state index < -0.39 is 34.1 Å². The van der Waals surface area contributed by atoms with E-state index >= 15 is 0 Å². The molecule has 0 bridgehead atoms. The Hall–Kier alpha value is -3.65. The number of carbonyl (C=O) groups excluding carboxylic acids is 3. The van der Waals surface area contributed by atoms with E-state index in [1.807, 2.05) is 70.3 Å². The minimum Gasteiger partial charge on any atom is -0.390 e. The maximum absolute atomic E-state index is 14.1. The summed E-state index contributed by atoms with van der Waals surface area (Å²) in [5.74, 6) is -0.994. The molecule has 0 spiro atoms. The Morgan fingerprint density at radius 2 is 1.75 bits per heavy atom. The van der Waals surface area contributed by atoms with Gasteiger partial charge in [-0.15, -0.1) is 11.3 Å². The molecule has 3 aromatic rings. The van der Waals surface area contributed by atoms with E-state index in [1.165, 1.54) is 40.8 Å². The Morgan fingerprint density at radius 3 is 2.35 bits per heavy atom. The van der Waals surface area contributed by atoms with Gasteiger partial charge < -0.3 is 20.2 Å². The van der Waals surface area contributed by atoms with Gasteiger partial charge in [-0.25, -0.2) is 18.2 Å². The van der Waals surface area contributed by atoms with Crippen LogP contribution in [0.1, 0.15) is 61.2 Å². The van der Waals surface area contributed by atoms with Gasteiger partial charge in [-0.3, -0.25) is 9.59 Å². The van der Waals surface area contributed by atoms with Crippen LogP contribution >= 0.6 is 11.3 Å². The van der Waals surface area contributed by atoms with E-state index in [0.29, 0.717) is 19.6 Å². The highest BCUT2D eigenvalue weighted by Crippen LogP contribution is 2.23. The van der Waals surface area contributed by atoms with E-state index in [0.717, 1.165) is 16.3 Å². The Kier molecular flexibility index (Phi) is 12.5. The summed E-state index contributed by atoms with van der Waals surface area (Å²) in [6.45, 7) is 11.8. The predicted molar refractivity (Wildman–Crippen MR) is 186 cm³/mol. The van der Waals surface area contributed by atoms with Crippen molar-refractivity contribution in [3.05, 3.63) is 81.8 Å². The second-order valence-electron chi connectivity index (χ2n) is 13.1. The van der Waals surface area contributed by atoms with Crippen LogP contribution in [0.5, 0.6) is 0 Å². The molecule has 4 rings (SSSR count). The topological polar surface area (TPSA) is 140 Å². The lowest BCUT2D eigenvalue weighted by Crippen LogP contribution is -2.57. The molecule has 1 aliphatic heterocycles. The van der Waals surface area contributed by atoms with Crippen LogP contribution in [-0.2, 0) is 27.8 Å². The molecular weight excluding hydrogens is 651 g/mol. The van der Waals surface area contributed by atoms with Crippen LogP contribution in [-0.4, -0.2) is 94.7 Å². The molecule has 1 aliphatic rings. The number of hydrogen-bond acceptors (Lipinski definition) is 8. The molecule has 1 aromatic heterocycles. The zero-order valence-corrected chi connectivity index (χ0v) is 30.1. The van der Waals surface area contributed by atoms with Crippen LogP contribution in [0, 0.1) is 18.8 Å². The number of aromatic nitrogens is 1. The van der Waals surface area contributed by atoms with Crippen molar-refractivity contribution in [1.29, 1.82) is 0 Å². The average molecular weight is 698 g/mol. The summed E-state index contributed by atoms with van der Waals surface area (Å²) < 4.78 is 29.0. The van der Waals surface area contributed by atoms with Gasteiger partial charge in [0.2, 0.25) is 15.9 Å². The highest BCUT2D eigenvalue weighted by molar-refractivity contribution is 7.89. The number of amides is 3. The molecule has 13 heteroatoms. The van der Waals surface area contributed by atoms with Crippen LogP contribution in [0.3, 0.4) is 0 Å². The zero-order valence-electron chi connectivity index (χ0n) is 28.5. The standard InChI is InChI=1S/C35H47N5O6S2/c1-23(2)19-39(48(45,46)30-14-10-13-28(18-30)25(5)41)21-32(42)31(17-27-11-8-7-9-12-27)37-34(43)33(24(3)4)40-16-15-38(35(40)44)20-29-22-47-26(6)36-29/h7-14,18,22-24,31-33,42H,15-17,19-21H2,1-6H3,(H,37,43)/t31-,32-,33-/m0/s1. The Labute approximate surface area is 288 Å². The van der Waals surface area contributed by atoms with Crippen LogP contribution in [0.25, 0.3) is 0 Å². The smallest absolute Gasteiger partial charge is 0.321 e. The number of thiazole rings is 1. The van der Waals surface area contributed by atoms with E-state index in [1.54, 1.807) is 15.9 Å². The third-order valence-corrected chi connectivity index (χ3v) is 11.0. The van der Waals surface area contributed by atoms with Crippen LogP contribution in [0.4, 0.5) is 4.79 Å². The summed E-state index contributed by atoms with van der Waals surface area (Å²) in [4.78, 5) is 47.3. The molecule has 0 saturated carbocycles. The molecule has 0 radical (unpaired) electrons. The molecule has 2 N–H and O–H groups in total.